The maximum Gasteiger partial charge on any atom is 0.343 e. The summed E-state index contributed by atoms with van der Waals surface area (Å²) in [5, 5.41) is 11.3. The molecule has 7 heteroatoms. The van der Waals surface area contributed by atoms with Crippen LogP contribution < -0.4 is 10.3 Å². The van der Waals surface area contributed by atoms with E-state index in [1.165, 1.54) is 44.9 Å². The molecule has 1 aromatic heterocycles. The molecular formula is C33H49NO5S. The van der Waals surface area contributed by atoms with Gasteiger partial charge < -0.3 is 9.52 Å². The number of aryl methyl sites for hydroxylation is 1. The normalized spacial score (nSPS) is 16.6. The third-order valence-electron chi connectivity index (χ3n) is 8.58. The minimum absolute atomic E-state index is 0.0944. The number of aromatic hydroxyl groups is 1. The third-order valence-corrected chi connectivity index (χ3v) is 9.96. The van der Waals surface area contributed by atoms with Gasteiger partial charge in [0.2, 0.25) is 10.0 Å². The van der Waals surface area contributed by atoms with Crippen LogP contribution in [0.1, 0.15) is 138 Å². The summed E-state index contributed by atoms with van der Waals surface area (Å²) in [7, 11) is -3.47. The van der Waals surface area contributed by atoms with Gasteiger partial charge in [-0.1, -0.05) is 89.7 Å². The van der Waals surface area contributed by atoms with Crippen LogP contribution in [0.2, 0.25) is 0 Å². The molecular weight excluding hydrogens is 522 g/mol. The van der Waals surface area contributed by atoms with Crippen molar-refractivity contribution in [2.45, 2.75) is 128 Å². The van der Waals surface area contributed by atoms with E-state index in [2.05, 4.69) is 11.6 Å². The lowest BCUT2D eigenvalue weighted by molar-refractivity contribution is 0.382. The third kappa shape index (κ3) is 8.86. The Bertz CT molecular complexity index is 1250. The van der Waals surface area contributed by atoms with Gasteiger partial charge in [0, 0.05) is 23.6 Å². The largest absolute Gasteiger partial charge is 0.507 e. The summed E-state index contributed by atoms with van der Waals surface area (Å²) in [6.07, 6.45) is 19.1. The highest BCUT2D eigenvalue weighted by Gasteiger charge is 2.38. The van der Waals surface area contributed by atoms with E-state index in [1.54, 1.807) is 6.07 Å². The predicted octanol–water partition coefficient (Wildman–Crippen LogP) is 8.21. The van der Waals surface area contributed by atoms with Crippen molar-refractivity contribution >= 4 is 15.7 Å². The molecule has 6 nitrogen and oxygen atoms in total. The van der Waals surface area contributed by atoms with Crippen molar-refractivity contribution in [2.75, 3.05) is 10.5 Å². The molecule has 0 saturated heterocycles. The van der Waals surface area contributed by atoms with Gasteiger partial charge in [0.15, 0.2) is 0 Å². The van der Waals surface area contributed by atoms with E-state index in [-0.39, 0.29) is 23.3 Å². The summed E-state index contributed by atoms with van der Waals surface area (Å²) in [4.78, 5) is 13.2. The fourth-order valence-corrected chi connectivity index (χ4v) is 7.38. The van der Waals surface area contributed by atoms with E-state index >= 15 is 0 Å². The zero-order valence-corrected chi connectivity index (χ0v) is 25.2. The van der Waals surface area contributed by atoms with Crippen LogP contribution in [0.4, 0.5) is 5.69 Å². The van der Waals surface area contributed by atoms with Crippen LogP contribution in [0.5, 0.6) is 5.75 Å². The Morgan fingerprint density at radius 1 is 0.925 bits per heavy atom. The molecule has 0 aliphatic heterocycles. The van der Waals surface area contributed by atoms with Crippen LogP contribution in [-0.2, 0) is 22.9 Å². The molecule has 2 aliphatic rings. The maximum absolute atomic E-state index is 13.2. The lowest BCUT2D eigenvalue weighted by Gasteiger charge is -2.22. The van der Waals surface area contributed by atoms with Gasteiger partial charge in [0.05, 0.1) is 11.3 Å². The molecule has 4 rings (SSSR count). The number of anilines is 1. The molecule has 1 aromatic carbocycles. The van der Waals surface area contributed by atoms with E-state index in [4.69, 9.17) is 4.42 Å². The highest BCUT2D eigenvalue weighted by atomic mass is 32.2. The van der Waals surface area contributed by atoms with Crippen LogP contribution in [0.25, 0.3) is 0 Å². The SMILES string of the molecule is CCCCCCCCCCCCS(=O)(=O)Nc1cccc(C(c2c(O)c3c(oc2=O)CCCCCC3)C2CC2)c1. The highest BCUT2D eigenvalue weighted by Crippen LogP contribution is 2.49. The van der Waals surface area contributed by atoms with Crippen LogP contribution in [0.3, 0.4) is 0 Å². The molecule has 2 aliphatic carbocycles. The average Bonchev–Trinajstić information content (AvgIpc) is 3.74. The number of fused-ring (bicyclic) bond motifs is 1. The monoisotopic (exact) mass is 571 g/mol. The Kier molecular flexibility index (Phi) is 11.6. The second kappa shape index (κ2) is 15.1. The van der Waals surface area contributed by atoms with Gasteiger partial charge in [-0.3, -0.25) is 4.72 Å². The van der Waals surface area contributed by atoms with Crippen molar-refractivity contribution in [1.82, 2.24) is 0 Å². The Morgan fingerprint density at radius 2 is 1.57 bits per heavy atom. The van der Waals surface area contributed by atoms with Crippen molar-refractivity contribution in [3.05, 3.63) is 57.1 Å². The number of benzene rings is 1. The van der Waals surface area contributed by atoms with E-state index in [1.807, 2.05) is 18.2 Å². The number of hydrogen-bond donors (Lipinski definition) is 2. The van der Waals surface area contributed by atoms with Gasteiger partial charge in [0.25, 0.3) is 0 Å². The molecule has 0 radical (unpaired) electrons. The zero-order valence-electron chi connectivity index (χ0n) is 24.4. The number of unbranched alkanes of at least 4 members (excludes halogenated alkanes) is 9. The summed E-state index contributed by atoms with van der Waals surface area (Å²) < 4.78 is 34.3. The minimum atomic E-state index is -3.47. The van der Waals surface area contributed by atoms with Crippen molar-refractivity contribution in [1.29, 1.82) is 0 Å². The zero-order chi connectivity index (χ0) is 28.4. The summed E-state index contributed by atoms with van der Waals surface area (Å²) in [5.74, 6) is 0.762. The molecule has 222 valence electrons. The molecule has 0 amide bonds. The molecule has 1 unspecified atom stereocenters. The van der Waals surface area contributed by atoms with Crippen molar-refractivity contribution in [3.63, 3.8) is 0 Å². The first-order valence-corrected chi connectivity index (χ1v) is 17.5. The molecule has 0 bridgehead atoms. The van der Waals surface area contributed by atoms with Crippen molar-refractivity contribution in [2.24, 2.45) is 5.92 Å². The Hall–Kier alpha value is -2.28. The van der Waals surface area contributed by atoms with E-state index < -0.39 is 15.6 Å². The molecule has 2 N–H and O–H groups in total. The maximum atomic E-state index is 13.2. The highest BCUT2D eigenvalue weighted by molar-refractivity contribution is 7.92. The van der Waals surface area contributed by atoms with E-state index in [0.717, 1.165) is 62.5 Å². The predicted molar refractivity (Wildman–Crippen MR) is 163 cm³/mol. The van der Waals surface area contributed by atoms with Gasteiger partial charge >= 0.3 is 5.63 Å². The standard InChI is InChI=1S/C33H49NO5S/c1-2-3-4-5-6-7-8-9-12-15-23-40(37,38)34-27-18-16-17-26(24-27)30(25-21-22-25)31-32(35)28-19-13-10-11-14-20-29(28)39-33(31)36/h16-18,24-25,30,34-35H,2-15,19-23H2,1H3. The van der Waals surface area contributed by atoms with Crippen molar-refractivity contribution < 1.29 is 17.9 Å². The average molecular weight is 572 g/mol. The second-order valence-electron chi connectivity index (χ2n) is 12.0. The number of nitrogens with one attached hydrogen (secondary N) is 1. The van der Waals surface area contributed by atoms with Gasteiger partial charge in [-0.15, -0.1) is 0 Å². The van der Waals surface area contributed by atoms with Gasteiger partial charge in [-0.2, -0.15) is 0 Å². The second-order valence-corrected chi connectivity index (χ2v) is 13.9. The van der Waals surface area contributed by atoms with Gasteiger partial charge in [-0.05, 0) is 62.1 Å². The molecule has 2 aromatic rings. The quantitative estimate of drug-likeness (QED) is 0.198. The van der Waals surface area contributed by atoms with Gasteiger partial charge in [0.1, 0.15) is 11.5 Å². The summed E-state index contributed by atoms with van der Waals surface area (Å²) in [6, 6.07) is 7.34. The van der Waals surface area contributed by atoms with Gasteiger partial charge in [-0.25, -0.2) is 13.2 Å². The summed E-state index contributed by atoms with van der Waals surface area (Å²) in [6.45, 7) is 2.23. The first-order chi connectivity index (χ1) is 19.4. The molecule has 1 saturated carbocycles. The Balaban J connectivity index is 1.39. The fourth-order valence-electron chi connectivity index (χ4n) is 6.20. The lowest BCUT2D eigenvalue weighted by atomic mass is 9.85. The lowest BCUT2D eigenvalue weighted by Crippen LogP contribution is -2.20. The molecule has 40 heavy (non-hydrogen) atoms. The summed E-state index contributed by atoms with van der Waals surface area (Å²) >= 11 is 0. The van der Waals surface area contributed by atoms with E-state index in [9.17, 15) is 18.3 Å². The molecule has 0 spiro atoms. The van der Waals surface area contributed by atoms with Crippen LogP contribution in [-0.4, -0.2) is 19.3 Å². The molecule has 1 heterocycles. The number of rotatable bonds is 16. The van der Waals surface area contributed by atoms with Crippen LogP contribution in [0, 0.1) is 5.92 Å². The smallest absolute Gasteiger partial charge is 0.343 e. The molecule has 1 fully saturated rings. The van der Waals surface area contributed by atoms with Crippen LogP contribution >= 0.6 is 0 Å². The topological polar surface area (TPSA) is 96.6 Å². The van der Waals surface area contributed by atoms with Crippen LogP contribution in [0.15, 0.2) is 33.5 Å². The van der Waals surface area contributed by atoms with E-state index in [0.29, 0.717) is 36.3 Å². The minimum Gasteiger partial charge on any atom is -0.507 e. The Morgan fingerprint density at radius 3 is 2.25 bits per heavy atom. The number of sulfonamides is 1. The first-order valence-electron chi connectivity index (χ1n) is 15.9. The Labute approximate surface area is 241 Å². The van der Waals surface area contributed by atoms with Crippen molar-refractivity contribution in [3.8, 4) is 5.75 Å². The molecule has 1 atom stereocenters. The number of hydrogen-bond acceptors (Lipinski definition) is 5. The summed E-state index contributed by atoms with van der Waals surface area (Å²) in [5.41, 5.74) is 2.02. The fraction of sp³-hybridized carbons (Fsp3) is 0.667. The first kappa shape index (κ1) is 30.7.